The van der Waals surface area contributed by atoms with Gasteiger partial charge in [-0.1, -0.05) is 0 Å². The second kappa shape index (κ2) is 7.67. The van der Waals surface area contributed by atoms with Gasteiger partial charge < -0.3 is 10.2 Å². The fourth-order valence-corrected chi connectivity index (χ4v) is 4.36. The topological polar surface area (TPSA) is 49.4 Å². The van der Waals surface area contributed by atoms with E-state index in [-0.39, 0.29) is 11.5 Å². The summed E-state index contributed by atoms with van der Waals surface area (Å²) >= 11 is 1.42. The maximum absolute atomic E-state index is 13.8. The average Bonchev–Trinajstić information content (AvgIpc) is 3.11. The number of thiophene rings is 1. The molecule has 1 aliphatic heterocycles. The molecule has 0 radical (unpaired) electrons. The zero-order valence-corrected chi connectivity index (χ0v) is 15.8. The monoisotopic (exact) mass is 400 g/mol. The number of nitrogens with one attached hydrogen (secondary N) is 1. The lowest BCUT2D eigenvalue weighted by molar-refractivity contribution is 0.0729. The number of amides is 2. The Hall–Kier alpha value is -2.80. The first-order valence-corrected chi connectivity index (χ1v) is 9.92. The minimum Gasteiger partial charge on any atom is -0.338 e. The van der Waals surface area contributed by atoms with Gasteiger partial charge in [0, 0.05) is 29.5 Å². The Morgan fingerprint density at radius 1 is 0.964 bits per heavy atom. The summed E-state index contributed by atoms with van der Waals surface area (Å²) in [7, 11) is 0. The minimum atomic E-state index is -0.913. The van der Waals surface area contributed by atoms with Crippen molar-refractivity contribution in [2.45, 2.75) is 19.3 Å². The van der Waals surface area contributed by atoms with E-state index in [0.29, 0.717) is 16.6 Å². The fourth-order valence-electron chi connectivity index (χ4n) is 3.35. The molecule has 7 heteroatoms. The predicted molar refractivity (Wildman–Crippen MR) is 106 cm³/mol. The number of carbonyl (C=O) groups is 2. The van der Waals surface area contributed by atoms with Crippen LogP contribution in [0.25, 0.3) is 10.1 Å². The van der Waals surface area contributed by atoms with Gasteiger partial charge in [-0.05, 0) is 61.0 Å². The Kier molecular flexibility index (Phi) is 5.09. The van der Waals surface area contributed by atoms with Gasteiger partial charge in [0.15, 0.2) is 0 Å². The molecule has 4 rings (SSSR count). The lowest BCUT2D eigenvalue weighted by Crippen LogP contribution is -2.35. The summed E-state index contributed by atoms with van der Waals surface area (Å²) in [6, 6.07) is 9.92. The number of hydrogen-bond donors (Lipinski definition) is 1. The molecule has 28 heavy (non-hydrogen) atoms. The quantitative estimate of drug-likeness (QED) is 0.668. The van der Waals surface area contributed by atoms with Gasteiger partial charge in [-0.3, -0.25) is 9.59 Å². The van der Waals surface area contributed by atoms with Gasteiger partial charge in [0.05, 0.1) is 10.4 Å². The second-order valence-corrected chi connectivity index (χ2v) is 7.88. The second-order valence-electron chi connectivity index (χ2n) is 6.79. The molecule has 1 fully saturated rings. The average molecular weight is 400 g/mol. The van der Waals surface area contributed by atoms with Crippen molar-refractivity contribution in [3.8, 4) is 0 Å². The number of fused-ring (bicyclic) bond motifs is 1. The molecule has 2 amide bonds. The van der Waals surface area contributed by atoms with Crippen molar-refractivity contribution in [2.24, 2.45) is 0 Å². The van der Waals surface area contributed by atoms with Crippen LogP contribution in [0.1, 0.15) is 39.3 Å². The predicted octanol–water partition coefficient (Wildman–Crippen LogP) is 5.06. The number of nitrogens with zero attached hydrogens (tertiary/aromatic N) is 1. The van der Waals surface area contributed by atoms with E-state index in [1.807, 2.05) is 17.0 Å². The van der Waals surface area contributed by atoms with Crippen LogP contribution in [0.15, 0.2) is 42.5 Å². The van der Waals surface area contributed by atoms with Gasteiger partial charge in [0.25, 0.3) is 11.8 Å². The van der Waals surface area contributed by atoms with Crippen LogP contribution in [0.4, 0.5) is 14.5 Å². The number of anilines is 1. The summed E-state index contributed by atoms with van der Waals surface area (Å²) < 4.78 is 27.7. The van der Waals surface area contributed by atoms with Crippen LogP contribution < -0.4 is 5.32 Å². The highest BCUT2D eigenvalue weighted by Crippen LogP contribution is 2.30. The van der Waals surface area contributed by atoms with Crippen molar-refractivity contribution >= 4 is 38.9 Å². The largest absolute Gasteiger partial charge is 0.338 e. The summed E-state index contributed by atoms with van der Waals surface area (Å²) in [4.78, 5) is 27.5. The van der Waals surface area contributed by atoms with Crippen molar-refractivity contribution in [3.05, 3.63) is 64.5 Å². The third-order valence-corrected chi connectivity index (χ3v) is 5.91. The van der Waals surface area contributed by atoms with Crippen LogP contribution in [0.2, 0.25) is 0 Å². The highest BCUT2D eigenvalue weighted by molar-refractivity contribution is 7.20. The first-order valence-electron chi connectivity index (χ1n) is 9.10. The molecule has 0 atom stereocenters. The van der Waals surface area contributed by atoms with Gasteiger partial charge in [-0.2, -0.15) is 0 Å². The summed E-state index contributed by atoms with van der Waals surface area (Å²) in [6.07, 6.45) is 3.23. The lowest BCUT2D eigenvalue weighted by Gasteiger charge is -2.26. The van der Waals surface area contributed by atoms with Crippen LogP contribution in [0.5, 0.6) is 0 Å². The molecule has 3 aromatic rings. The van der Waals surface area contributed by atoms with Crippen molar-refractivity contribution in [2.75, 3.05) is 18.4 Å². The highest BCUT2D eigenvalue weighted by Gasteiger charge is 2.20. The van der Waals surface area contributed by atoms with E-state index in [1.165, 1.54) is 11.3 Å². The third-order valence-electron chi connectivity index (χ3n) is 4.80. The molecule has 0 aliphatic carbocycles. The minimum absolute atomic E-state index is 0.0415. The molecule has 0 unspecified atom stereocenters. The summed E-state index contributed by atoms with van der Waals surface area (Å²) in [5.41, 5.74) is 0.253. The fraction of sp³-hybridized carbons (Fsp3) is 0.238. The van der Waals surface area contributed by atoms with E-state index in [0.717, 1.165) is 54.6 Å². The molecule has 0 saturated carbocycles. The summed E-state index contributed by atoms with van der Waals surface area (Å²) in [5, 5.41) is 3.46. The smallest absolute Gasteiger partial charge is 0.263 e. The van der Waals surface area contributed by atoms with E-state index in [4.69, 9.17) is 0 Å². The van der Waals surface area contributed by atoms with Gasteiger partial charge in [-0.25, -0.2) is 8.78 Å². The number of hydrogen-bond acceptors (Lipinski definition) is 3. The molecular weight excluding hydrogens is 382 g/mol. The Morgan fingerprint density at radius 2 is 1.75 bits per heavy atom. The highest BCUT2D eigenvalue weighted by atomic mass is 32.1. The first kappa shape index (κ1) is 18.6. The summed E-state index contributed by atoms with van der Waals surface area (Å²) in [6.45, 7) is 1.58. The SMILES string of the molecule is O=C(Nc1ccc2sc(C(=O)N3CCCCC3)cc2c1)c1ccc(F)cc1F. The van der Waals surface area contributed by atoms with Gasteiger partial charge in [0.2, 0.25) is 0 Å². The molecule has 0 spiro atoms. The van der Waals surface area contributed by atoms with Crippen LogP contribution in [-0.4, -0.2) is 29.8 Å². The molecule has 1 saturated heterocycles. The molecule has 4 nitrogen and oxygen atoms in total. The van der Waals surface area contributed by atoms with Crippen LogP contribution in [-0.2, 0) is 0 Å². The van der Waals surface area contributed by atoms with Crippen LogP contribution in [0, 0.1) is 11.6 Å². The molecular formula is C21H18F2N2O2S. The number of halogens is 2. The molecule has 1 aliphatic rings. The van der Waals surface area contributed by atoms with Gasteiger partial charge >= 0.3 is 0 Å². The van der Waals surface area contributed by atoms with E-state index in [1.54, 1.807) is 12.1 Å². The number of benzene rings is 2. The number of likely N-dealkylation sites (tertiary alicyclic amines) is 1. The maximum Gasteiger partial charge on any atom is 0.263 e. The molecule has 1 N–H and O–H groups in total. The Morgan fingerprint density at radius 3 is 2.50 bits per heavy atom. The first-order chi connectivity index (χ1) is 13.5. The van der Waals surface area contributed by atoms with E-state index in [2.05, 4.69) is 5.32 Å². The van der Waals surface area contributed by atoms with Crippen molar-refractivity contribution in [1.82, 2.24) is 4.90 Å². The zero-order valence-electron chi connectivity index (χ0n) is 15.0. The van der Waals surface area contributed by atoms with E-state index < -0.39 is 17.5 Å². The third kappa shape index (κ3) is 3.75. The van der Waals surface area contributed by atoms with Gasteiger partial charge in [-0.15, -0.1) is 11.3 Å². The zero-order chi connectivity index (χ0) is 19.7. The number of carbonyl (C=O) groups excluding carboxylic acids is 2. The molecule has 2 heterocycles. The Balaban J connectivity index is 1.54. The summed E-state index contributed by atoms with van der Waals surface area (Å²) in [5.74, 6) is -2.26. The van der Waals surface area contributed by atoms with Gasteiger partial charge in [0.1, 0.15) is 11.6 Å². The van der Waals surface area contributed by atoms with Crippen molar-refractivity contribution in [3.63, 3.8) is 0 Å². The lowest BCUT2D eigenvalue weighted by atomic mass is 10.1. The molecule has 2 aromatic carbocycles. The molecule has 144 valence electrons. The molecule has 0 bridgehead atoms. The van der Waals surface area contributed by atoms with Crippen LogP contribution in [0.3, 0.4) is 0 Å². The maximum atomic E-state index is 13.8. The van der Waals surface area contributed by atoms with E-state index >= 15 is 0 Å². The Bertz CT molecular complexity index is 1060. The standard InChI is InChI=1S/C21H18F2N2O2S/c22-14-4-6-16(17(23)12-14)20(26)24-15-5-7-18-13(10-15)11-19(28-18)21(27)25-8-2-1-3-9-25/h4-7,10-12H,1-3,8-9H2,(H,24,26). The van der Waals surface area contributed by atoms with E-state index in [9.17, 15) is 18.4 Å². The number of rotatable bonds is 3. The molecule has 1 aromatic heterocycles. The van der Waals surface area contributed by atoms with Crippen molar-refractivity contribution < 1.29 is 18.4 Å². The van der Waals surface area contributed by atoms with Crippen LogP contribution >= 0.6 is 11.3 Å². The van der Waals surface area contributed by atoms with Crippen molar-refractivity contribution in [1.29, 1.82) is 0 Å². The number of piperidine rings is 1. The Labute approximate surface area is 164 Å². The normalized spacial score (nSPS) is 14.3.